The lowest BCUT2D eigenvalue weighted by Crippen LogP contribution is -1.83. The van der Waals surface area contributed by atoms with Gasteiger partial charge in [-0.05, 0) is 6.42 Å². The van der Waals surface area contributed by atoms with Gasteiger partial charge in [-0.1, -0.05) is 24.6 Å². The molecule has 0 nitrogen and oxygen atoms in total. The first-order valence-corrected chi connectivity index (χ1v) is 2.96. The summed E-state index contributed by atoms with van der Waals surface area (Å²) in [5.41, 5.74) is 1.49. The lowest BCUT2D eigenvalue weighted by atomic mass is 10.1. The molecule has 0 aromatic heterocycles. The summed E-state index contributed by atoms with van der Waals surface area (Å²) in [6.07, 6.45) is 7.81. The molecule has 1 atom stereocenters. The van der Waals surface area contributed by atoms with Crippen molar-refractivity contribution in [1.82, 2.24) is 0 Å². The Balaban J connectivity index is 3.28. The molecule has 0 amide bonds. The Morgan fingerprint density at radius 1 is 1.88 bits per heavy atom. The van der Waals surface area contributed by atoms with Gasteiger partial charge in [0.1, 0.15) is 0 Å². The molecule has 0 saturated carbocycles. The molecule has 8 heavy (non-hydrogen) atoms. The van der Waals surface area contributed by atoms with E-state index in [9.17, 15) is 0 Å². The molecule has 0 aliphatic heterocycles. The third-order valence-electron chi connectivity index (χ3n) is 0.863. The highest BCUT2D eigenvalue weighted by Gasteiger charge is 1.88. The van der Waals surface area contributed by atoms with Crippen molar-refractivity contribution in [3.63, 3.8) is 0 Å². The second kappa shape index (κ2) is 4.74. The lowest BCUT2D eigenvalue weighted by molar-refractivity contribution is 0.775. The van der Waals surface area contributed by atoms with Crippen molar-refractivity contribution in [3.05, 3.63) is 11.6 Å². The second-order valence-electron chi connectivity index (χ2n) is 1.67. The number of hydrogen-bond acceptors (Lipinski definition) is 0. The molecule has 44 valence electrons. The van der Waals surface area contributed by atoms with E-state index in [4.69, 9.17) is 18.0 Å². The minimum Gasteiger partial charge on any atom is -0.120 e. The van der Waals surface area contributed by atoms with Crippen LogP contribution >= 0.6 is 11.6 Å². The molecular formula is C7H9Cl. The maximum atomic E-state index is 5.25. The van der Waals surface area contributed by atoms with Gasteiger partial charge in [-0.2, -0.15) is 0 Å². The van der Waals surface area contributed by atoms with Crippen LogP contribution in [0.3, 0.4) is 0 Å². The number of terminal acetylenes is 1. The Morgan fingerprint density at radius 3 is 2.88 bits per heavy atom. The quantitative estimate of drug-likeness (QED) is 0.501. The maximum Gasteiger partial charge on any atom is 0.0206 e. The molecule has 0 aromatic rings. The van der Waals surface area contributed by atoms with Crippen molar-refractivity contribution in [2.24, 2.45) is 5.92 Å². The topological polar surface area (TPSA) is 0 Å². The molecule has 0 aliphatic carbocycles. The Hall–Kier alpha value is -0.410. The first kappa shape index (κ1) is 7.59. The van der Waals surface area contributed by atoms with E-state index in [0.29, 0.717) is 5.92 Å². The van der Waals surface area contributed by atoms with Crippen molar-refractivity contribution in [2.45, 2.75) is 13.3 Å². The highest BCUT2D eigenvalue weighted by molar-refractivity contribution is 6.25. The molecule has 0 aliphatic rings. The molecule has 0 saturated heterocycles. The molecule has 0 N–H and O–H groups in total. The summed E-state index contributed by atoms with van der Waals surface area (Å²) in [5, 5.41) is 0. The Labute approximate surface area is 55.5 Å². The standard InChI is InChI=1S/C7H9Cl/c1-3-7(2)5-4-6-8/h1,4,6-7H,5H2,2H3/b6-4-. The van der Waals surface area contributed by atoms with Gasteiger partial charge in [-0.25, -0.2) is 0 Å². The summed E-state index contributed by atoms with van der Waals surface area (Å²) < 4.78 is 0. The van der Waals surface area contributed by atoms with Gasteiger partial charge in [0.05, 0.1) is 0 Å². The molecule has 0 fully saturated rings. The summed E-state index contributed by atoms with van der Waals surface area (Å²) in [7, 11) is 0. The fourth-order valence-electron chi connectivity index (χ4n) is 0.324. The van der Waals surface area contributed by atoms with Crippen LogP contribution in [0.15, 0.2) is 11.6 Å². The van der Waals surface area contributed by atoms with Crippen LogP contribution in [0, 0.1) is 18.3 Å². The molecular weight excluding hydrogens is 120 g/mol. The van der Waals surface area contributed by atoms with Crippen molar-refractivity contribution >= 4 is 11.6 Å². The van der Waals surface area contributed by atoms with Gasteiger partial charge < -0.3 is 0 Å². The molecule has 0 radical (unpaired) electrons. The number of hydrogen-bond donors (Lipinski definition) is 0. The number of rotatable bonds is 2. The third-order valence-corrected chi connectivity index (χ3v) is 1.04. The van der Waals surface area contributed by atoms with Gasteiger partial charge in [-0.3, -0.25) is 0 Å². The molecule has 0 heterocycles. The van der Waals surface area contributed by atoms with E-state index >= 15 is 0 Å². The average Bonchev–Trinajstić information content (AvgIpc) is 1.83. The fraction of sp³-hybridized carbons (Fsp3) is 0.429. The van der Waals surface area contributed by atoms with Crippen molar-refractivity contribution in [3.8, 4) is 12.3 Å². The van der Waals surface area contributed by atoms with E-state index in [-0.39, 0.29) is 0 Å². The highest BCUT2D eigenvalue weighted by atomic mass is 35.5. The lowest BCUT2D eigenvalue weighted by Gasteiger charge is -1.93. The summed E-state index contributed by atoms with van der Waals surface area (Å²) in [4.78, 5) is 0. The third kappa shape index (κ3) is 3.77. The summed E-state index contributed by atoms with van der Waals surface area (Å²) in [6.45, 7) is 1.98. The largest absolute Gasteiger partial charge is 0.120 e. The first-order chi connectivity index (χ1) is 3.81. The van der Waals surface area contributed by atoms with E-state index in [2.05, 4.69) is 5.92 Å². The number of halogens is 1. The van der Waals surface area contributed by atoms with Crippen molar-refractivity contribution < 1.29 is 0 Å². The molecule has 0 rings (SSSR count). The molecule has 0 bridgehead atoms. The monoisotopic (exact) mass is 128 g/mol. The molecule has 1 heteroatoms. The van der Waals surface area contributed by atoms with Gasteiger partial charge in [-0.15, -0.1) is 12.3 Å². The zero-order valence-electron chi connectivity index (χ0n) is 4.89. The van der Waals surface area contributed by atoms with E-state index in [1.165, 1.54) is 5.54 Å². The summed E-state index contributed by atoms with van der Waals surface area (Å²) in [5.74, 6) is 2.90. The minimum atomic E-state index is 0.310. The maximum absolute atomic E-state index is 5.25. The molecule has 1 unspecified atom stereocenters. The van der Waals surface area contributed by atoms with Crippen LogP contribution in [0.25, 0.3) is 0 Å². The summed E-state index contributed by atoms with van der Waals surface area (Å²) >= 11 is 5.25. The van der Waals surface area contributed by atoms with Crippen molar-refractivity contribution in [2.75, 3.05) is 0 Å². The Morgan fingerprint density at radius 2 is 2.50 bits per heavy atom. The predicted molar refractivity (Wildman–Crippen MR) is 37.6 cm³/mol. The fourth-order valence-corrected chi connectivity index (χ4v) is 0.426. The molecule has 0 spiro atoms. The van der Waals surface area contributed by atoms with Crippen LogP contribution in [-0.4, -0.2) is 0 Å². The van der Waals surface area contributed by atoms with Gasteiger partial charge in [0, 0.05) is 11.5 Å². The Bertz CT molecular complexity index is 108. The van der Waals surface area contributed by atoms with Crippen LogP contribution in [-0.2, 0) is 0 Å². The zero-order valence-corrected chi connectivity index (χ0v) is 5.65. The minimum absolute atomic E-state index is 0.310. The van der Waals surface area contributed by atoms with Crippen LogP contribution in [0.5, 0.6) is 0 Å². The average molecular weight is 129 g/mol. The van der Waals surface area contributed by atoms with Crippen LogP contribution in [0.1, 0.15) is 13.3 Å². The van der Waals surface area contributed by atoms with Gasteiger partial charge in [0.25, 0.3) is 0 Å². The van der Waals surface area contributed by atoms with E-state index < -0.39 is 0 Å². The van der Waals surface area contributed by atoms with Gasteiger partial charge >= 0.3 is 0 Å². The van der Waals surface area contributed by atoms with E-state index in [1.54, 1.807) is 0 Å². The Kier molecular flexibility index (Phi) is 4.50. The van der Waals surface area contributed by atoms with Crippen LogP contribution < -0.4 is 0 Å². The smallest absolute Gasteiger partial charge is 0.0206 e. The van der Waals surface area contributed by atoms with Gasteiger partial charge in [0.2, 0.25) is 0 Å². The van der Waals surface area contributed by atoms with Gasteiger partial charge in [0.15, 0.2) is 0 Å². The predicted octanol–water partition coefficient (Wildman–Crippen LogP) is 2.40. The number of allylic oxidation sites excluding steroid dienone is 1. The SMILES string of the molecule is C#CC(C)C/C=C\Cl. The van der Waals surface area contributed by atoms with Crippen molar-refractivity contribution in [1.29, 1.82) is 0 Å². The zero-order chi connectivity index (χ0) is 6.41. The summed E-state index contributed by atoms with van der Waals surface area (Å²) in [6, 6.07) is 0. The normalized spacial score (nSPS) is 13.6. The first-order valence-electron chi connectivity index (χ1n) is 2.52. The van der Waals surface area contributed by atoms with E-state index in [1.807, 2.05) is 13.0 Å². The van der Waals surface area contributed by atoms with Crippen LogP contribution in [0.4, 0.5) is 0 Å². The van der Waals surface area contributed by atoms with Crippen LogP contribution in [0.2, 0.25) is 0 Å². The second-order valence-corrected chi connectivity index (χ2v) is 1.92. The van der Waals surface area contributed by atoms with E-state index in [0.717, 1.165) is 6.42 Å². The highest BCUT2D eigenvalue weighted by Crippen LogP contribution is 1.99. The molecule has 0 aromatic carbocycles.